The predicted octanol–water partition coefficient (Wildman–Crippen LogP) is 3.57. The van der Waals surface area contributed by atoms with Crippen molar-refractivity contribution in [2.45, 2.75) is 22.6 Å². The minimum absolute atomic E-state index is 0.302. The molecule has 2 aromatic rings. The van der Waals surface area contributed by atoms with Crippen molar-refractivity contribution in [1.29, 1.82) is 0 Å². The number of likely N-dealkylation sites (tertiary alicyclic amines) is 1. The maximum Gasteiger partial charge on any atom is 0.0784 e. The van der Waals surface area contributed by atoms with E-state index in [1.54, 1.807) is 0 Å². The van der Waals surface area contributed by atoms with Gasteiger partial charge in [0.1, 0.15) is 0 Å². The number of nitrogens with zero attached hydrogens (tertiary/aromatic N) is 3. The molecular formula is C18H22IN3. The highest BCUT2D eigenvalue weighted by molar-refractivity contribution is 14.1. The molecule has 0 spiro atoms. The van der Waals surface area contributed by atoms with Crippen LogP contribution in [0.15, 0.2) is 54.9 Å². The Morgan fingerprint density at radius 2 is 1.73 bits per heavy atom. The third-order valence-corrected chi connectivity index (χ3v) is 6.00. The number of alkyl halides is 1. The molecule has 1 aliphatic rings. The van der Waals surface area contributed by atoms with E-state index < -0.39 is 0 Å². The zero-order valence-electron chi connectivity index (χ0n) is 13.1. The number of benzene rings is 1. The number of aromatic nitrogens is 1. The summed E-state index contributed by atoms with van der Waals surface area (Å²) in [6.45, 7) is 1.12. The molecule has 1 fully saturated rings. The van der Waals surface area contributed by atoms with Gasteiger partial charge in [-0.3, -0.25) is 9.88 Å². The number of hydrogen-bond donors (Lipinski definition) is 0. The molecule has 0 saturated carbocycles. The Labute approximate surface area is 146 Å². The fourth-order valence-electron chi connectivity index (χ4n) is 3.30. The number of likely N-dealkylation sites (N-methyl/N-ethyl adjacent to an activating group) is 1. The molecule has 3 rings (SSSR count). The number of hydrogen-bond acceptors (Lipinski definition) is 3. The van der Waals surface area contributed by atoms with Gasteiger partial charge < -0.3 is 4.90 Å². The zero-order valence-corrected chi connectivity index (χ0v) is 15.2. The third kappa shape index (κ3) is 3.19. The van der Waals surface area contributed by atoms with Crippen LogP contribution in [0, 0.1) is 0 Å². The molecule has 2 heterocycles. The van der Waals surface area contributed by atoms with E-state index in [1.165, 1.54) is 17.5 Å². The van der Waals surface area contributed by atoms with E-state index in [0.717, 1.165) is 6.54 Å². The summed E-state index contributed by atoms with van der Waals surface area (Å²) in [6, 6.07) is 16.0. The maximum absolute atomic E-state index is 4.18. The summed E-state index contributed by atoms with van der Waals surface area (Å²) < 4.78 is 0.506. The van der Waals surface area contributed by atoms with E-state index >= 15 is 0 Å². The highest BCUT2D eigenvalue weighted by atomic mass is 127. The number of pyridine rings is 1. The largest absolute Gasteiger partial charge is 0.304 e. The van der Waals surface area contributed by atoms with Gasteiger partial charge in [-0.1, -0.05) is 52.9 Å². The van der Waals surface area contributed by atoms with Crippen molar-refractivity contribution < 1.29 is 0 Å². The minimum atomic E-state index is 0.302. The second kappa shape index (κ2) is 7.06. The van der Waals surface area contributed by atoms with E-state index in [1.807, 2.05) is 12.4 Å². The topological polar surface area (TPSA) is 19.4 Å². The molecule has 3 unspecified atom stereocenters. The fourth-order valence-corrected chi connectivity index (χ4v) is 4.90. The monoisotopic (exact) mass is 407 g/mol. The molecule has 3 atom stereocenters. The summed E-state index contributed by atoms with van der Waals surface area (Å²) >= 11 is 2.61. The minimum Gasteiger partial charge on any atom is -0.304 e. The van der Waals surface area contributed by atoms with Crippen molar-refractivity contribution in [1.82, 2.24) is 14.8 Å². The van der Waals surface area contributed by atoms with Crippen LogP contribution in [-0.2, 0) is 0 Å². The summed E-state index contributed by atoms with van der Waals surface area (Å²) in [5.41, 5.74) is 2.68. The standard InChI is InChI=1S/C18H22IN3/c1-21(2)16-10-13-22(18(16)19)17(14-6-4-3-5-7-14)15-8-11-20-12-9-15/h3-9,11-12,16-18H,10,13H2,1-2H3. The van der Waals surface area contributed by atoms with Crippen LogP contribution in [-0.4, -0.2) is 45.5 Å². The van der Waals surface area contributed by atoms with Crippen LogP contribution in [0.5, 0.6) is 0 Å². The first-order valence-electron chi connectivity index (χ1n) is 7.69. The van der Waals surface area contributed by atoms with Gasteiger partial charge in [-0.2, -0.15) is 0 Å². The Morgan fingerprint density at radius 3 is 2.32 bits per heavy atom. The maximum atomic E-state index is 4.18. The van der Waals surface area contributed by atoms with E-state index in [0.29, 0.717) is 16.1 Å². The number of halogens is 1. The van der Waals surface area contributed by atoms with Gasteiger partial charge in [-0.15, -0.1) is 0 Å². The molecule has 0 bridgehead atoms. The van der Waals surface area contributed by atoms with Gasteiger partial charge in [0.2, 0.25) is 0 Å². The Bertz CT molecular complexity index is 548. The molecule has 22 heavy (non-hydrogen) atoms. The summed E-state index contributed by atoms with van der Waals surface area (Å²) in [5, 5.41) is 0. The highest BCUT2D eigenvalue weighted by Crippen LogP contribution is 2.38. The van der Waals surface area contributed by atoms with E-state index in [2.05, 4.69) is 93.9 Å². The molecule has 1 aromatic carbocycles. The molecule has 1 saturated heterocycles. The van der Waals surface area contributed by atoms with Crippen molar-refractivity contribution >= 4 is 22.6 Å². The number of rotatable bonds is 4. The zero-order chi connectivity index (χ0) is 15.5. The first kappa shape index (κ1) is 15.9. The SMILES string of the molecule is CN(C)C1CCN(C(c2ccccc2)c2ccncc2)C1I. The van der Waals surface area contributed by atoms with Gasteiger partial charge in [-0.25, -0.2) is 0 Å². The normalized spacial score (nSPS) is 23.8. The van der Waals surface area contributed by atoms with Crippen molar-refractivity contribution in [2.24, 2.45) is 0 Å². The lowest BCUT2D eigenvalue weighted by Crippen LogP contribution is -2.39. The average Bonchev–Trinajstić information content (AvgIpc) is 2.92. The average molecular weight is 407 g/mol. The van der Waals surface area contributed by atoms with Gasteiger partial charge in [0.15, 0.2) is 0 Å². The Balaban J connectivity index is 1.97. The first-order valence-corrected chi connectivity index (χ1v) is 8.94. The van der Waals surface area contributed by atoms with Gasteiger partial charge >= 0.3 is 0 Å². The van der Waals surface area contributed by atoms with Crippen molar-refractivity contribution in [2.75, 3.05) is 20.6 Å². The molecular weight excluding hydrogens is 385 g/mol. The molecule has 1 aromatic heterocycles. The van der Waals surface area contributed by atoms with Crippen LogP contribution < -0.4 is 0 Å². The van der Waals surface area contributed by atoms with Crippen molar-refractivity contribution in [3.63, 3.8) is 0 Å². The Hall–Kier alpha value is -0.980. The molecule has 0 radical (unpaired) electrons. The van der Waals surface area contributed by atoms with E-state index in [-0.39, 0.29) is 0 Å². The first-order chi connectivity index (χ1) is 10.7. The lowest BCUT2D eigenvalue weighted by atomic mass is 9.98. The van der Waals surface area contributed by atoms with Crippen molar-refractivity contribution in [3.8, 4) is 0 Å². The Kier molecular flexibility index (Phi) is 5.10. The van der Waals surface area contributed by atoms with Crippen LogP contribution in [0.2, 0.25) is 0 Å². The van der Waals surface area contributed by atoms with E-state index in [4.69, 9.17) is 0 Å². The van der Waals surface area contributed by atoms with Gasteiger partial charge in [-0.05, 0) is 43.8 Å². The van der Waals surface area contributed by atoms with Crippen molar-refractivity contribution in [3.05, 3.63) is 66.0 Å². The lowest BCUT2D eigenvalue weighted by Gasteiger charge is -2.34. The van der Waals surface area contributed by atoms with Gasteiger partial charge in [0.05, 0.1) is 10.1 Å². The summed E-state index contributed by atoms with van der Waals surface area (Å²) in [6.07, 6.45) is 5.01. The molecule has 0 aliphatic carbocycles. The van der Waals surface area contributed by atoms with E-state index in [9.17, 15) is 0 Å². The molecule has 3 nitrogen and oxygen atoms in total. The van der Waals surface area contributed by atoms with Gasteiger partial charge in [0.25, 0.3) is 0 Å². The quantitative estimate of drug-likeness (QED) is 0.439. The van der Waals surface area contributed by atoms with Crippen LogP contribution in [0.1, 0.15) is 23.6 Å². The summed E-state index contributed by atoms with van der Waals surface area (Å²) in [7, 11) is 4.37. The predicted molar refractivity (Wildman–Crippen MR) is 99.1 cm³/mol. The van der Waals surface area contributed by atoms with Crippen LogP contribution in [0.3, 0.4) is 0 Å². The fraction of sp³-hybridized carbons (Fsp3) is 0.389. The molecule has 0 amide bonds. The van der Waals surface area contributed by atoms with Crippen LogP contribution >= 0.6 is 22.6 Å². The molecule has 116 valence electrons. The summed E-state index contributed by atoms with van der Waals surface area (Å²) in [5.74, 6) is 0. The molecule has 0 N–H and O–H groups in total. The second-order valence-corrected chi connectivity index (χ2v) is 7.30. The molecule has 1 aliphatic heterocycles. The molecule has 4 heteroatoms. The van der Waals surface area contributed by atoms with Crippen LogP contribution in [0.4, 0.5) is 0 Å². The lowest BCUT2D eigenvalue weighted by molar-refractivity contribution is 0.227. The Morgan fingerprint density at radius 1 is 1.09 bits per heavy atom. The highest BCUT2D eigenvalue weighted by Gasteiger charge is 2.38. The third-order valence-electron chi connectivity index (χ3n) is 4.45. The second-order valence-electron chi connectivity index (χ2n) is 6.02. The smallest absolute Gasteiger partial charge is 0.0784 e. The summed E-state index contributed by atoms with van der Waals surface area (Å²) in [4.78, 5) is 9.16. The van der Waals surface area contributed by atoms with Gasteiger partial charge in [0, 0.05) is 25.0 Å². The van der Waals surface area contributed by atoms with Crippen LogP contribution in [0.25, 0.3) is 0 Å².